The fourth-order valence-electron chi connectivity index (χ4n) is 0.427. The van der Waals surface area contributed by atoms with Crippen LogP contribution in [0.25, 0.3) is 0 Å². The van der Waals surface area contributed by atoms with Gasteiger partial charge in [-0.3, -0.25) is 4.79 Å². The molecule has 0 aromatic rings. The first-order valence-electron chi connectivity index (χ1n) is 2.62. The van der Waals surface area contributed by atoms with Gasteiger partial charge in [0.05, 0.1) is 0 Å². The fraction of sp³-hybridized carbons (Fsp3) is 0.500. The van der Waals surface area contributed by atoms with E-state index in [1.165, 1.54) is 6.08 Å². The third-order valence-corrected chi connectivity index (χ3v) is 0.891. The summed E-state index contributed by atoms with van der Waals surface area (Å²) in [6, 6.07) is 0. The molecule has 0 amide bonds. The van der Waals surface area contributed by atoms with Gasteiger partial charge in [0, 0.05) is 0 Å². The van der Waals surface area contributed by atoms with Crippen molar-refractivity contribution in [3.8, 4) is 0 Å². The van der Waals surface area contributed by atoms with E-state index in [0.29, 0.717) is 6.54 Å². The second-order valence-electron chi connectivity index (χ2n) is 1.69. The maximum Gasteiger partial charge on any atom is 0.142 e. The maximum atomic E-state index is 9.77. The summed E-state index contributed by atoms with van der Waals surface area (Å²) in [6.07, 6.45) is 3.14. The van der Waals surface area contributed by atoms with Gasteiger partial charge >= 0.3 is 0 Å². The van der Waals surface area contributed by atoms with Crippen molar-refractivity contribution in [2.45, 2.75) is 13.3 Å². The summed E-state index contributed by atoms with van der Waals surface area (Å²) in [5.74, 6) is 0. The van der Waals surface area contributed by atoms with E-state index in [2.05, 4.69) is 0 Å². The topological polar surface area (TPSA) is 43.1 Å². The van der Waals surface area contributed by atoms with Crippen molar-refractivity contribution in [3.05, 3.63) is 11.6 Å². The monoisotopic (exact) mass is 113 g/mol. The van der Waals surface area contributed by atoms with Gasteiger partial charge in [0.15, 0.2) is 0 Å². The number of hydrogen-bond acceptors (Lipinski definition) is 2. The van der Waals surface area contributed by atoms with Gasteiger partial charge in [0.2, 0.25) is 0 Å². The molecule has 0 radical (unpaired) electrons. The molecular formula is C6H11NO. The average Bonchev–Trinajstić information content (AvgIpc) is 1.68. The van der Waals surface area contributed by atoms with Crippen LogP contribution in [0, 0.1) is 0 Å². The zero-order valence-electron chi connectivity index (χ0n) is 5.05. The number of carbonyl (C=O) groups excluding carboxylic acids is 1. The van der Waals surface area contributed by atoms with Crippen LogP contribution in [0.4, 0.5) is 0 Å². The summed E-state index contributed by atoms with van der Waals surface area (Å²) >= 11 is 0. The summed E-state index contributed by atoms with van der Waals surface area (Å²) in [5.41, 5.74) is 6.25. The molecule has 0 aliphatic heterocycles. The Bertz CT molecular complexity index is 96.7. The highest BCUT2D eigenvalue weighted by Gasteiger charge is 1.82. The molecule has 0 saturated carbocycles. The molecule has 0 aromatic heterocycles. The van der Waals surface area contributed by atoms with E-state index in [1.54, 1.807) is 0 Å². The summed E-state index contributed by atoms with van der Waals surface area (Å²) < 4.78 is 0. The zero-order chi connectivity index (χ0) is 6.41. The maximum absolute atomic E-state index is 9.77. The Labute approximate surface area is 49.4 Å². The minimum Gasteiger partial charge on any atom is -0.330 e. The summed E-state index contributed by atoms with van der Waals surface area (Å²) in [6.45, 7) is 2.51. The van der Waals surface area contributed by atoms with E-state index in [-0.39, 0.29) is 0 Å². The van der Waals surface area contributed by atoms with Crippen molar-refractivity contribution in [3.63, 3.8) is 0 Å². The third kappa shape index (κ3) is 3.56. The van der Waals surface area contributed by atoms with Crippen LogP contribution in [0.15, 0.2) is 11.6 Å². The van der Waals surface area contributed by atoms with Crippen LogP contribution in [0.5, 0.6) is 0 Å². The van der Waals surface area contributed by atoms with Crippen molar-refractivity contribution in [1.29, 1.82) is 0 Å². The number of hydrogen-bond donors (Lipinski definition) is 1. The molecule has 2 N–H and O–H groups in total. The molecule has 8 heavy (non-hydrogen) atoms. The largest absolute Gasteiger partial charge is 0.330 e. The van der Waals surface area contributed by atoms with Crippen LogP contribution in [-0.4, -0.2) is 12.8 Å². The molecule has 0 atom stereocenters. The normalized spacial score (nSPS) is 11.5. The van der Waals surface area contributed by atoms with Gasteiger partial charge in [-0.05, 0) is 26.0 Å². The molecule has 0 aliphatic carbocycles. The van der Waals surface area contributed by atoms with Crippen molar-refractivity contribution in [2.24, 2.45) is 5.73 Å². The highest BCUT2D eigenvalue weighted by molar-refractivity contribution is 5.65. The van der Waals surface area contributed by atoms with Crippen molar-refractivity contribution >= 4 is 6.29 Å². The highest BCUT2D eigenvalue weighted by atomic mass is 16.1. The predicted octanol–water partition coefficient (Wildman–Crippen LogP) is 0.480. The van der Waals surface area contributed by atoms with E-state index in [0.717, 1.165) is 18.3 Å². The first kappa shape index (κ1) is 7.37. The van der Waals surface area contributed by atoms with Crippen LogP contribution >= 0.6 is 0 Å². The lowest BCUT2D eigenvalue weighted by atomic mass is 10.2. The average molecular weight is 113 g/mol. The molecule has 0 aliphatic rings. The van der Waals surface area contributed by atoms with Crippen LogP contribution in [-0.2, 0) is 4.79 Å². The van der Waals surface area contributed by atoms with Gasteiger partial charge in [0.25, 0.3) is 0 Å². The predicted molar refractivity (Wildman–Crippen MR) is 33.5 cm³/mol. The Morgan fingerprint density at radius 2 is 2.38 bits per heavy atom. The van der Waals surface area contributed by atoms with E-state index in [1.807, 2.05) is 6.92 Å². The molecule has 0 heterocycles. The number of carbonyl (C=O) groups is 1. The van der Waals surface area contributed by atoms with E-state index in [9.17, 15) is 4.79 Å². The first-order chi connectivity index (χ1) is 3.81. The van der Waals surface area contributed by atoms with Gasteiger partial charge in [-0.25, -0.2) is 0 Å². The molecule has 0 bridgehead atoms. The molecule has 0 aromatic carbocycles. The molecule has 0 fully saturated rings. The number of rotatable bonds is 3. The van der Waals surface area contributed by atoms with Crippen molar-refractivity contribution in [2.75, 3.05) is 6.54 Å². The van der Waals surface area contributed by atoms with Gasteiger partial charge in [-0.1, -0.05) is 5.57 Å². The Balaban J connectivity index is 3.44. The molecule has 0 unspecified atom stereocenters. The molecule has 0 rings (SSSR count). The Kier molecular flexibility index (Phi) is 4.17. The van der Waals surface area contributed by atoms with Crippen molar-refractivity contribution in [1.82, 2.24) is 0 Å². The smallest absolute Gasteiger partial charge is 0.142 e. The first-order valence-corrected chi connectivity index (χ1v) is 2.62. The second-order valence-corrected chi connectivity index (χ2v) is 1.69. The number of aldehydes is 1. The third-order valence-electron chi connectivity index (χ3n) is 0.891. The Hall–Kier alpha value is -0.630. The fourth-order valence-corrected chi connectivity index (χ4v) is 0.427. The van der Waals surface area contributed by atoms with Gasteiger partial charge in [0.1, 0.15) is 6.29 Å². The van der Waals surface area contributed by atoms with Crippen LogP contribution in [0.1, 0.15) is 13.3 Å². The van der Waals surface area contributed by atoms with Gasteiger partial charge in [-0.2, -0.15) is 0 Å². The molecule has 2 nitrogen and oxygen atoms in total. The standard InChI is InChI=1S/C6H11NO/c1-6(2-4-7)3-5-8/h3,5H,2,4,7H2,1H3. The van der Waals surface area contributed by atoms with Crippen LogP contribution in [0.3, 0.4) is 0 Å². The molecule has 0 spiro atoms. The minimum atomic E-state index is 0.621. The molecule has 0 saturated heterocycles. The lowest BCUT2D eigenvalue weighted by Crippen LogP contribution is -1.98. The highest BCUT2D eigenvalue weighted by Crippen LogP contribution is 1.93. The van der Waals surface area contributed by atoms with E-state index >= 15 is 0 Å². The molecular weight excluding hydrogens is 102 g/mol. The lowest BCUT2D eigenvalue weighted by molar-refractivity contribution is -0.104. The van der Waals surface area contributed by atoms with E-state index < -0.39 is 0 Å². The molecule has 2 heteroatoms. The quantitative estimate of drug-likeness (QED) is 0.427. The number of allylic oxidation sites excluding steroid dienone is 1. The Morgan fingerprint density at radius 3 is 2.75 bits per heavy atom. The van der Waals surface area contributed by atoms with Gasteiger partial charge < -0.3 is 5.73 Å². The van der Waals surface area contributed by atoms with Crippen molar-refractivity contribution < 1.29 is 4.79 Å². The summed E-state index contributed by atoms with van der Waals surface area (Å²) in [7, 11) is 0. The van der Waals surface area contributed by atoms with Gasteiger partial charge in [-0.15, -0.1) is 0 Å². The summed E-state index contributed by atoms with van der Waals surface area (Å²) in [5, 5.41) is 0. The minimum absolute atomic E-state index is 0.621. The van der Waals surface area contributed by atoms with Crippen LogP contribution < -0.4 is 5.73 Å². The number of nitrogens with two attached hydrogens (primary N) is 1. The second kappa shape index (κ2) is 4.53. The summed E-state index contributed by atoms with van der Waals surface area (Å²) in [4.78, 5) is 9.77. The molecule has 46 valence electrons. The van der Waals surface area contributed by atoms with E-state index in [4.69, 9.17) is 5.73 Å². The van der Waals surface area contributed by atoms with Crippen LogP contribution in [0.2, 0.25) is 0 Å². The Morgan fingerprint density at radius 1 is 1.75 bits per heavy atom. The lowest BCUT2D eigenvalue weighted by Gasteiger charge is -1.90. The SMILES string of the molecule is CC(=CC=O)CCN. The zero-order valence-corrected chi connectivity index (χ0v) is 5.05.